The van der Waals surface area contributed by atoms with Crippen molar-refractivity contribution in [3.63, 3.8) is 0 Å². The summed E-state index contributed by atoms with van der Waals surface area (Å²) in [5, 5.41) is 2.98. The molecule has 3 aromatic rings. The molecule has 0 aliphatic carbocycles. The van der Waals surface area contributed by atoms with E-state index in [0.29, 0.717) is 5.69 Å². The van der Waals surface area contributed by atoms with E-state index in [1.165, 1.54) is 23.8 Å². The summed E-state index contributed by atoms with van der Waals surface area (Å²) in [5.41, 5.74) is 4.70. The number of sulfonamides is 1. The van der Waals surface area contributed by atoms with Gasteiger partial charge in [-0.15, -0.1) is 0 Å². The van der Waals surface area contributed by atoms with Gasteiger partial charge >= 0.3 is 0 Å². The molecule has 2 N–H and O–H groups in total. The van der Waals surface area contributed by atoms with E-state index >= 15 is 0 Å². The molecule has 0 saturated carbocycles. The fourth-order valence-electron chi connectivity index (χ4n) is 3.61. The van der Waals surface area contributed by atoms with Crippen molar-refractivity contribution in [1.82, 2.24) is 5.32 Å². The Labute approximate surface area is 207 Å². The van der Waals surface area contributed by atoms with Gasteiger partial charge in [-0.25, -0.2) is 8.42 Å². The van der Waals surface area contributed by atoms with Gasteiger partial charge in [0.2, 0.25) is 0 Å². The molecule has 7 heteroatoms. The van der Waals surface area contributed by atoms with Crippen LogP contribution in [0.15, 0.2) is 65.6 Å². The van der Waals surface area contributed by atoms with E-state index in [1.807, 2.05) is 45.0 Å². The summed E-state index contributed by atoms with van der Waals surface area (Å²) in [4.78, 5) is 12.8. The van der Waals surface area contributed by atoms with E-state index in [9.17, 15) is 13.2 Å². The molecule has 0 spiro atoms. The maximum atomic E-state index is 13.1. The van der Waals surface area contributed by atoms with Crippen LogP contribution in [0.4, 0.5) is 5.69 Å². The quantitative estimate of drug-likeness (QED) is 0.404. The average molecular weight is 499 g/mol. The van der Waals surface area contributed by atoms with Crippen molar-refractivity contribution in [3.8, 4) is 0 Å². The molecule has 3 aromatic carbocycles. The highest BCUT2D eigenvalue weighted by Gasteiger charge is 2.22. The minimum Gasteiger partial charge on any atom is -0.346 e. The van der Waals surface area contributed by atoms with Gasteiger partial charge in [-0.3, -0.25) is 9.52 Å². The van der Waals surface area contributed by atoms with Crippen LogP contribution in [0.25, 0.3) is 0 Å². The molecule has 1 atom stereocenters. The second kappa shape index (κ2) is 9.80. The van der Waals surface area contributed by atoms with Crippen LogP contribution in [0.3, 0.4) is 0 Å². The number of nitrogens with one attached hydrogen (secondary N) is 2. The van der Waals surface area contributed by atoms with Crippen LogP contribution in [0.2, 0.25) is 5.02 Å². The first-order chi connectivity index (χ1) is 15.8. The average Bonchev–Trinajstić information content (AvgIpc) is 2.75. The second-order valence-corrected chi connectivity index (χ2v) is 11.7. The normalized spacial score (nSPS) is 12.8. The van der Waals surface area contributed by atoms with Crippen molar-refractivity contribution >= 4 is 33.2 Å². The molecular weight excluding hydrogens is 468 g/mol. The minimum atomic E-state index is -4.00. The third kappa shape index (κ3) is 5.99. The van der Waals surface area contributed by atoms with Gasteiger partial charge in [-0.2, -0.15) is 0 Å². The van der Waals surface area contributed by atoms with Gasteiger partial charge in [0.25, 0.3) is 15.9 Å². The summed E-state index contributed by atoms with van der Waals surface area (Å²) in [5.74, 6) is -0.382. The predicted octanol–water partition coefficient (Wildman–Crippen LogP) is 6.55. The molecule has 0 heterocycles. The lowest BCUT2D eigenvalue weighted by Gasteiger charge is -2.21. The fraction of sp³-hybridized carbons (Fsp3) is 0.296. The van der Waals surface area contributed by atoms with Crippen molar-refractivity contribution in [1.29, 1.82) is 0 Å². The molecule has 0 fully saturated rings. The second-order valence-electron chi connectivity index (χ2n) is 9.64. The highest BCUT2D eigenvalue weighted by atomic mass is 35.5. The van der Waals surface area contributed by atoms with Crippen LogP contribution >= 0.6 is 11.6 Å². The van der Waals surface area contributed by atoms with Crippen molar-refractivity contribution in [3.05, 3.63) is 93.5 Å². The molecular formula is C27H31ClN2O3S. The number of hydrogen-bond donors (Lipinski definition) is 2. The SMILES string of the molecule is Cc1ccc(NS(=O)(=O)c2cc(C(=O)N[C@@H](C)c3ccc(C(C)(C)C)cc3)ccc2Cl)c(C)c1. The van der Waals surface area contributed by atoms with Crippen molar-refractivity contribution < 1.29 is 13.2 Å². The minimum absolute atomic E-state index is 0.0413. The summed E-state index contributed by atoms with van der Waals surface area (Å²) >= 11 is 6.22. The van der Waals surface area contributed by atoms with Crippen molar-refractivity contribution in [2.75, 3.05) is 4.72 Å². The number of benzene rings is 3. The molecule has 0 aliphatic heterocycles. The number of anilines is 1. The first-order valence-corrected chi connectivity index (χ1v) is 12.9. The smallest absolute Gasteiger partial charge is 0.263 e. The van der Waals surface area contributed by atoms with E-state index < -0.39 is 10.0 Å². The Balaban J connectivity index is 1.81. The van der Waals surface area contributed by atoms with Crippen LogP contribution in [-0.2, 0) is 15.4 Å². The molecule has 5 nitrogen and oxygen atoms in total. The zero-order chi connectivity index (χ0) is 25.3. The molecule has 0 aliphatic rings. The predicted molar refractivity (Wildman–Crippen MR) is 139 cm³/mol. The Morgan fingerprint density at radius 3 is 2.18 bits per heavy atom. The highest BCUT2D eigenvalue weighted by Crippen LogP contribution is 2.28. The van der Waals surface area contributed by atoms with E-state index in [1.54, 1.807) is 6.07 Å². The van der Waals surface area contributed by atoms with Gasteiger partial charge in [0, 0.05) is 5.56 Å². The molecule has 0 bridgehead atoms. The maximum Gasteiger partial charge on any atom is 0.263 e. The molecule has 1 amide bonds. The van der Waals surface area contributed by atoms with Crippen LogP contribution in [0.1, 0.15) is 66.3 Å². The molecule has 0 radical (unpaired) electrons. The molecule has 0 unspecified atom stereocenters. The summed E-state index contributed by atoms with van der Waals surface area (Å²) in [6.45, 7) is 12.1. The zero-order valence-electron chi connectivity index (χ0n) is 20.4. The van der Waals surface area contributed by atoms with Crippen molar-refractivity contribution in [2.24, 2.45) is 0 Å². The lowest BCUT2D eigenvalue weighted by atomic mass is 9.86. The number of halogens is 1. The number of carbonyl (C=O) groups excluding carboxylic acids is 1. The monoisotopic (exact) mass is 498 g/mol. The maximum absolute atomic E-state index is 13.1. The number of hydrogen-bond acceptors (Lipinski definition) is 3. The molecule has 34 heavy (non-hydrogen) atoms. The zero-order valence-corrected chi connectivity index (χ0v) is 21.9. The largest absolute Gasteiger partial charge is 0.346 e. The van der Waals surface area contributed by atoms with Crippen molar-refractivity contribution in [2.45, 2.75) is 57.9 Å². The number of aryl methyl sites for hydroxylation is 2. The van der Waals surface area contributed by atoms with Gasteiger partial charge in [-0.1, -0.05) is 74.3 Å². The Morgan fingerprint density at radius 2 is 1.59 bits per heavy atom. The molecule has 180 valence electrons. The van der Waals surface area contributed by atoms with Gasteiger partial charge in [0.1, 0.15) is 4.90 Å². The standard InChI is InChI=1S/C27H31ClN2O3S/c1-17-7-14-24(18(2)15-17)30-34(32,33)25-16-21(10-13-23(25)28)26(31)29-19(3)20-8-11-22(12-9-20)27(4,5)6/h7-16,19,30H,1-6H3,(H,29,31)/t19-/m0/s1. The van der Waals surface area contributed by atoms with Crippen LogP contribution in [0.5, 0.6) is 0 Å². The van der Waals surface area contributed by atoms with E-state index in [-0.39, 0.29) is 32.8 Å². The van der Waals surface area contributed by atoms with Gasteiger partial charge in [0.05, 0.1) is 16.8 Å². The third-order valence-electron chi connectivity index (χ3n) is 5.73. The summed E-state index contributed by atoms with van der Waals surface area (Å²) in [6, 6.07) is 17.5. The fourth-order valence-corrected chi connectivity index (χ4v) is 5.27. The summed E-state index contributed by atoms with van der Waals surface area (Å²) in [7, 11) is -4.00. The van der Waals surface area contributed by atoms with Crippen LogP contribution in [-0.4, -0.2) is 14.3 Å². The topological polar surface area (TPSA) is 75.3 Å². The van der Waals surface area contributed by atoms with Crippen LogP contribution < -0.4 is 10.0 Å². The number of rotatable bonds is 6. The van der Waals surface area contributed by atoms with E-state index in [0.717, 1.165) is 16.7 Å². The first kappa shape index (κ1) is 25.8. The Kier molecular flexibility index (Phi) is 7.44. The number of carbonyl (C=O) groups is 1. The molecule has 3 rings (SSSR count). The summed E-state index contributed by atoms with van der Waals surface area (Å²) < 4.78 is 28.7. The third-order valence-corrected chi connectivity index (χ3v) is 7.58. The van der Waals surface area contributed by atoms with Crippen LogP contribution in [0, 0.1) is 13.8 Å². The van der Waals surface area contributed by atoms with Gasteiger partial charge in [0.15, 0.2) is 0 Å². The van der Waals surface area contributed by atoms with Gasteiger partial charge < -0.3 is 5.32 Å². The van der Waals surface area contributed by atoms with Gasteiger partial charge in [-0.05, 0) is 67.1 Å². The Hall–Kier alpha value is -2.83. The highest BCUT2D eigenvalue weighted by molar-refractivity contribution is 7.92. The number of amides is 1. The molecule has 0 saturated heterocycles. The van der Waals surface area contributed by atoms with E-state index in [2.05, 4.69) is 42.9 Å². The summed E-state index contributed by atoms with van der Waals surface area (Å²) in [6.07, 6.45) is 0. The Morgan fingerprint density at radius 1 is 0.941 bits per heavy atom. The first-order valence-electron chi connectivity index (χ1n) is 11.1. The molecule has 0 aromatic heterocycles. The van der Waals surface area contributed by atoms with E-state index in [4.69, 9.17) is 11.6 Å². The Bertz CT molecular complexity index is 1310. The lowest BCUT2D eigenvalue weighted by molar-refractivity contribution is 0.0939. The lowest BCUT2D eigenvalue weighted by Crippen LogP contribution is -2.27.